The predicted octanol–water partition coefficient (Wildman–Crippen LogP) is -1.47. The van der Waals surface area contributed by atoms with Crippen LogP contribution in [0.25, 0.3) is 0 Å². The van der Waals surface area contributed by atoms with Crippen LogP contribution in [-0.4, -0.2) is 57.8 Å². The van der Waals surface area contributed by atoms with Gasteiger partial charge in [0.05, 0.1) is 13.2 Å². The molecule has 0 aromatic carbocycles. The second-order valence-electron chi connectivity index (χ2n) is 3.29. The van der Waals surface area contributed by atoms with E-state index in [1.165, 1.54) is 0 Å². The molecule has 6 nitrogen and oxygen atoms in total. The number of nitrogens with two attached hydrogens (primary N) is 1. The number of amides is 1. The van der Waals surface area contributed by atoms with Gasteiger partial charge in [0.15, 0.2) is 0 Å². The van der Waals surface area contributed by atoms with Crippen LogP contribution in [0, 0.1) is 0 Å². The Morgan fingerprint density at radius 1 is 1.40 bits per heavy atom. The van der Waals surface area contributed by atoms with Crippen molar-refractivity contribution in [3.05, 3.63) is 0 Å². The fraction of sp³-hybridized carbons (Fsp3) is 0.889. The Labute approximate surface area is 91.1 Å². The highest BCUT2D eigenvalue weighted by Gasteiger charge is 2.02. The monoisotopic (exact) mass is 218 g/mol. The van der Waals surface area contributed by atoms with Crippen molar-refractivity contribution in [2.75, 3.05) is 46.9 Å². The molecule has 0 aliphatic rings. The molecule has 0 aliphatic heterocycles. The van der Waals surface area contributed by atoms with E-state index in [0.29, 0.717) is 26.2 Å². The number of ether oxygens (including phenoxy) is 1. The van der Waals surface area contributed by atoms with E-state index in [0.717, 1.165) is 13.1 Å². The average molecular weight is 218 g/mol. The normalized spacial score (nSPS) is 10.7. The van der Waals surface area contributed by atoms with Gasteiger partial charge in [-0.25, -0.2) is 0 Å². The molecule has 0 bridgehead atoms. The molecule has 0 fully saturated rings. The first-order chi connectivity index (χ1) is 7.20. The fourth-order valence-corrected chi connectivity index (χ4v) is 0.983. The van der Waals surface area contributed by atoms with E-state index in [4.69, 9.17) is 10.6 Å². The number of hydrazine groups is 1. The van der Waals surface area contributed by atoms with Crippen molar-refractivity contribution in [3.63, 3.8) is 0 Å². The third-order valence-corrected chi connectivity index (χ3v) is 2.01. The molecule has 0 aliphatic carbocycles. The highest BCUT2D eigenvalue weighted by molar-refractivity contribution is 5.75. The standard InChI is InChI=1S/C9H22N4O2/c1-11-9(14)3-5-13(2)6-8-15-7-4-12-10/h12H,3-8,10H2,1-2H3,(H,11,14). The fourth-order valence-electron chi connectivity index (χ4n) is 0.983. The number of carbonyl (C=O) groups excluding carboxylic acids is 1. The van der Waals surface area contributed by atoms with E-state index in [-0.39, 0.29) is 5.91 Å². The zero-order chi connectivity index (χ0) is 11.5. The van der Waals surface area contributed by atoms with Crippen LogP contribution in [0.4, 0.5) is 0 Å². The van der Waals surface area contributed by atoms with Gasteiger partial charge in [-0.05, 0) is 7.05 Å². The Bertz CT molecular complexity index is 166. The van der Waals surface area contributed by atoms with Crippen LogP contribution in [0.1, 0.15) is 6.42 Å². The largest absolute Gasteiger partial charge is 0.379 e. The average Bonchev–Trinajstić information content (AvgIpc) is 2.25. The molecular weight excluding hydrogens is 196 g/mol. The molecule has 4 N–H and O–H groups in total. The van der Waals surface area contributed by atoms with E-state index in [2.05, 4.69) is 15.6 Å². The minimum atomic E-state index is 0.0649. The van der Waals surface area contributed by atoms with Gasteiger partial charge in [0.1, 0.15) is 0 Å². The minimum absolute atomic E-state index is 0.0649. The Morgan fingerprint density at radius 2 is 2.13 bits per heavy atom. The van der Waals surface area contributed by atoms with Gasteiger partial charge in [-0.3, -0.25) is 16.1 Å². The summed E-state index contributed by atoms with van der Waals surface area (Å²) < 4.78 is 5.29. The lowest BCUT2D eigenvalue weighted by Gasteiger charge is -2.15. The van der Waals surface area contributed by atoms with E-state index < -0.39 is 0 Å². The van der Waals surface area contributed by atoms with Gasteiger partial charge in [0.2, 0.25) is 5.91 Å². The third-order valence-electron chi connectivity index (χ3n) is 2.01. The Hall–Kier alpha value is -0.690. The van der Waals surface area contributed by atoms with E-state index in [1.54, 1.807) is 7.05 Å². The number of nitrogens with zero attached hydrogens (tertiary/aromatic N) is 1. The smallest absolute Gasteiger partial charge is 0.221 e. The molecule has 0 aromatic heterocycles. The zero-order valence-electron chi connectivity index (χ0n) is 9.58. The molecule has 0 radical (unpaired) electrons. The van der Waals surface area contributed by atoms with Crippen molar-refractivity contribution >= 4 is 5.91 Å². The minimum Gasteiger partial charge on any atom is -0.379 e. The van der Waals surface area contributed by atoms with Gasteiger partial charge in [-0.2, -0.15) is 0 Å². The van der Waals surface area contributed by atoms with Crippen LogP contribution in [0.5, 0.6) is 0 Å². The molecule has 0 spiro atoms. The maximum atomic E-state index is 10.9. The predicted molar refractivity (Wildman–Crippen MR) is 59.2 cm³/mol. The van der Waals surface area contributed by atoms with Crippen molar-refractivity contribution < 1.29 is 9.53 Å². The van der Waals surface area contributed by atoms with Crippen LogP contribution >= 0.6 is 0 Å². The highest BCUT2D eigenvalue weighted by Crippen LogP contribution is 1.87. The van der Waals surface area contributed by atoms with Gasteiger partial charge >= 0.3 is 0 Å². The second kappa shape index (κ2) is 9.85. The highest BCUT2D eigenvalue weighted by atomic mass is 16.5. The number of likely N-dealkylation sites (N-methyl/N-ethyl adjacent to an activating group) is 1. The molecule has 90 valence electrons. The Morgan fingerprint density at radius 3 is 2.73 bits per heavy atom. The second-order valence-corrected chi connectivity index (χ2v) is 3.29. The van der Waals surface area contributed by atoms with E-state index in [1.807, 2.05) is 7.05 Å². The lowest BCUT2D eigenvalue weighted by atomic mass is 10.4. The topological polar surface area (TPSA) is 79.6 Å². The van der Waals surface area contributed by atoms with Crippen molar-refractivity contribution in [2.24, 2.45) is 5.84 Å². The molecule has 0 saturated heterocycles. The molecule has 0 rings (SSSR count). The lowest BCUT2D eigenvalue weighted by molar-refractivity contribution is -0.120. The van der Waals surface area contributed by atoms with Gasteiger partial charge in [-0.1, -0.05) is 0 Å². The van der Waals surface area contributed by atoms with Crippen LogP contribution in [0.2, 0.25) is 0 Å². The first kappa shape index (κ1) is 14.3. The Kier molecular flexibility index (Phi) is 9.40. The zero-order valence-corrected chi connectivity index (χ0v) is 9.58. The molecule has 0 aromatic rings. The number of carbonyl (C=O) groups is 1. The van der Waals surface area contributed by atoms with Gasteiger partial charge in [-0.15, -0.1) is 0 Å². The molecule has 0 saturated carbocycles. The molecule has 1 amide bonds. The summed E-state index contributed by atoms with van der Waals surface area (Å²) in [5.74, 6) is 5.15. The molecule has 0 unspecified atom stereocenters. The number of hydrogen-bond donors (Lipinski definition) is 3. The van der Waals surface area contributed by atoms with Crippen LogP contribution < -0.4 is 16.6 Å². The van der Waals surface area contributed by atoms with E-state index in [9.17, 15) is 4.79 Å². The summed E-state index contributed by atoms with van der Waals surface area (Å²) in [4.78, 5) is 13.0. The molecule has 15 heavy (non-hydrogen) atoms. The molecule has 0 heterocycles. The maximum Gasteiger partial charge on any atom is 0.221 e. The maximum absolute atomic E-state index is 10.9. The summed E-state index contributed by atoms with van der Waals surface area (Å²) in [5.41, 5.74) is 2.51. The summed E-state index contributed by atoms with van der Waals surface area (Å²) in [6.07, 6.45) is 0.525. The van der Waals surface area contributed by atoms with Gasteiger partial charge < -0.3 is 15.0 Å². The van der Waals surface area contributed by atoms with Crippen LogP contribution in [-0.2, 0) is 9.53 Å². The molecular formula is C9H22N4O2. The number of hydrogen-bond acceptors (Lipinski definition) is 5. The first-order valence-electron chi connectivity index (χ1n) is 5.11. The summed E-state index contributed by atoms with van der Waals surface area (Å²) in [7, 11) is 3.61. The van der Waals surface area contributed by atoms with Crippen LogP contribution in [0.15, 0.2) is 0 Å². The quantitative estimate of drug-likeness (QED) is 0.250. The summed E-state index contributed by atoms with van der Waals surface area (Å²) in [6.45, 7) is 3.49. The third kappa shape index (κ3) is 9.61. The lowest BCUT2D eigenvalue weighted by Crippen LogP contribution is -2.30. The summed E-state index contributed by atoms with van der Waals surface area (Å²) >= 11 is 0. The molecule has 0 atom stereocenters. The Balaban J connectivity index is 3.25. The van der Waals surface area contributed by atoms with E-state index >= 15 is 0 Å². The van der Waals surface area contributed by atoms with Crippen LogP contribution in [0.3, 0.4) is 0 Å². The van der Waals surface area contributed by atoms with Crippen molar-refractivity contribution in [2.45, 2.75) is 6.42 Å². The number of rotatable bonds is 9. The van der Waals surface area contributed by atoms with Gasteiger partial charge in [0, 0.05) is 33.1 Å². The summed E-state index contributed by atoms with van der Waals surface area (Å²) in [6, 6.07) is 0. The molecule has 6 heteroatoms. The number of nitrogens with one attached hydrogen (secondary N) is 2. The van der Waals surface area contributed by atoms with Crippen molar-refractivity contribution in [1.29, 1.82) is 0 Å². The van der Waals surface area contributed by atoms with Crippen molar-refractivity contribution in [1.82, 2.24) is 15.6 Å². The van der Waals surface area contributed by atoms with Crippen molar-refractivity contribution in [3.8, 4) is 0 Å². The first-order valence-corrected chi connectivity index (χ1v) is 5.11. The summed E-state index contributed by atoms with van der Waals surface area (Å²) in [5, 5.41) is 2.59. The SMILES string of the molecule is CNC(=O)CCN(C)CCOCCNN. The van der Waals surface area contributed by atoms with Gasteiger partial charge in [0.25, 0.3) is 0 Å².